The number of alkyl halides is 3. The molecule has 1 aromatic carbocycles. The molecule has 1 amide bonds. The number of rotatable bonds is 2. The smallest absolute Gasteiger partial charge is 0.319 e. The van der Waals surface area contributed by atoms with Crippen LogP contribution in [-0.2, 0) is 6.18 Å². The third kappa shape index (κ3) is 3.57. The molecule has 0 aliphatic carbocycles. The van der Waals surface area contributed by atoms with Crippen molar-refractivity contribution in [2.45, 2.75) is 6.18 Å². The number of halogens is 5. The van der Waals surface area contributed by atoms with Gasteiger partial charge in [0, 0.05) is 16.2 Å². The molecule has 0 saturated heterocycles. The van der Waals surface area contributed by atoms with Crippen LogP contribution in [0.5, 0.6) is 0 Å². The van der Waals surface area contributed by atoms with Crippen molar-refractivity contribution in [3.8, 4) is 0 Å². The number of hydrogen-bond donors (Lipinski definition) is 1. The van der Waals surface area contributed by atoms with Gasteiger partial charge in [-0.05, 0) is 24.3 Å². The van der Waals surface area contributed by atoms with Crippen LogP contribution >= 0.6 is 15.9 Å². The summed E-state index contributed by atoms with van der Waals surface area (Å²) in [4.78, 5) is 15.4. The van der Waals surface area contributed by atoms with Gasteiger partial charge in [0.25, 0.3) is 5.91 Å². The van der Waals surface area contributed by atoms with E-state index in [0.29, 0.717) is 6.07 Å². The van der Waals surface area contributed by atoms with E-state index in [9.17, 15) is 22.4 Å². The molecule has 0 aliphatic heterocycles. The monoisotopic (exact) mass is 362 g/mol. The van der Waals surface area contributed by atoms with Crippen LogP contribution in [0.25, 0.3) is 0 Å². The van der Waals surface area contributed by atoms with Crippen LogP contribution in [0.3, 0.4) is 0 Å². The Kier molecular flexibility index (Phi) is 4.26. The van der Waals surface area contributed by atoms with E-state index in [-0.39, 0.29) is 15.7 Å². The van der Waals surface area contributed by atoms with Gasteiger partial charge in [-0.1, -0.05) is 15.9 Å². The lowest BCUT2D eigenvalue weighted by Crippen LogP contribution is -2.15. The van der Waals surface area contributed by atoms with Crippen LogP contribution in [0, 0.1) is 5.82 Å². The average Bonchev–Trinajstić information content (AvgIpc) is 2.40. The molecule has 21 heavy (non-hydrogen) atoms. The van der Waals surface area contributed by atoms with Gasteiger partial charge in [0.2, 0.25) is 0 Å². The van der Waals surface area contributed by atoms with Crippen molar-refractivity contribution in [1.29, 1.82) is 0 Å². The lowest BCUT2D eigenvalue weighted by Gasteiger charge is -2.11. The molecule has 1 heterocycles. The van der Waals surface area contributed by atoms with E-state index in [2.05, 4.69) is 26.2 Å². The zero-order valence-corrected chi connectivity index (χ0v) is 11.8. The predicted octanol–water partition coefficient (Wildman–Crippen LogP) is 4.25. The molecule has 8 heteroatoms. The fourth-order valence-electron chi connectivity index (χ4n) is 1.55. The standard InChI is InChI=1S/C13H7BrF4N2O/c14-9-2-1-7(5-8(9)13(16,17)18)12(21)20-11-3-4-19-6-10(11)15/h1-6H,(H,19,20,21). The van der Waals surface area contributed by atoms with Crippen molar-refractivity contribution in [2.24, 2.45) is 0 Å². The van der Waals surface area contributed by atoms with E-state index in [1.54, 1.807) is 0 Å². The van der Waals surface area contributed by atoms with Crippen molar-refractivity contribution in [2.75, 3.05) is 5.32 Å². The van der Waals surface area contributed by atoms with Crippen LogP contribution in [0.2, 0.25) is 0 Å². The van der Waals surface area contributed by atoms with E-state index in [4.69, 9.17) is 0 Å². The van der Waals surface area contributed by atoms with E-state index in [1.165, 1.54) is 18.3 Å². The van der Waals surface area contributed by atoms with Crippen molar-refractivity contribution in [3.63, 3.8) is 0 Å². The molecule has 0 atom stereocenters. The molecule has 0 unspecified atom stereocenters. The summed E-state index contributed by atoms with van der Waals surface area (Å²) in [5.41, 5.74) is -1.38. The van der Waals surface area contributed by atoms with Crippen molar-refractivity contribution >= 4 is 27.5 Å². The summed E-state index contributed by atoms with van der Waals surface area (Å²) >= 11 is 2.77. The number of pyridine rings is 1. The van der Waals surface area contributed by atoms with Gasteiger partial charge in [0.1, 0.15) is 0 Å². The lowest BCUT2D eigenvalue weighted by molar-refractivity contribution is -0.138. The van der Waals surface area contributed by atoms with Crippen LogP contribution in [0.1, 0.15) is 15.9 Å². The molecule has 0 fully saturated rings. The van der Waals surface area contributed by atoms with Crippen LogP contribution in [0.15, 0.2) is 41.1 Å². The lowest BCUT2D eigenvalue weighted by atomic mass is 10.1. The quantitative estimate of drug-likeness (QED) is 0.811. The fourth-order valence-corrected chi connectivity index (χ4v) is 2.03. The molecule has 0 spiro atoms. The second-order valence-electron chi connectivity index (χ2n) is 4.00. The molecule has 0 saturated carbocycles. The third-order valence-electron chi connectivity index (χ3n) is 2.55. The maximum atomic E-state index is 13.3. The highest BCUT2D eigenvalue weighted by Gasteiger charge is 2.33. The molecule has 2 rings (SSSR count). The maximum absolute atomic E-state index is 13.3. The minimum atomic E-state index is -4.60. The summed E-state index contributed by atoms with van der Waals surface area (Å²) in [6, 6.07) is 4.21. The first-order valence-corrected chi connectivity index (χ1v) is 6.36. The van der Waals surface area contributed by atoms with E-state index >= 15 is 0 Å². The first-order chi connectivity index (χ1) is 9.79. The summed E-state index contributed by atoms with van der Waals surface area (Å²) in [5.74, 6) is -1.63. The van der Waals surface area contributed by atoms with Crippen LogP contribution < -0.4 is 5.32 Å². The minimum Gasteiger partial charge on any atom is -0.319 e. The topological polar surface area (TPSA) is 42.0 Å². The second-order valence-corrected chi connectivity index (χ2v) is 4.86. The highest BCUT2D eigenvalue weighted by Crippen LogP contribution is 2.35. The van der Waals surface area contributed by atoms with Crippen molar-refractivity contribution in [1.82, 2.24) is 4.98 Å². The largest absolute Gasteiger partial charge is 0.417 e. The summed E-state index contributed by atoms with van der Waals surface area (Å²) in [6.07, 6.45) is -2.46. The number of nitrogens with zero attached hydrogens (tertiary/aromatic N) is 1. The Morgan fingerprint density at radius 2 is 1.95 bits per heavy atom. The normalized spacial score (nSPS) is 11.3. The SMILES string of the molecule is O=C(Nc1ccncc1F)c1ccc(Br)c(C(F)(F)F)c1. The molecule has 0 bridgehead atoms. The predicted molar refractivity (Wildman–Crippen MR) is 71.3 cm³/mol. The number of benzene rings is 1. The Morgan fingerprint density at radius 1 is 1.24 bits per heavy atom. The highest BCUT2D eigenvalue weighted by molar-refractivity contribution is 9.10. The Bertz CT molecular complexity index is 688. The first kappa shape index (κ1) is 15.4. The Hall–Kier alpha value is -1.96. The van der Waals surface area contributed by atoms with Gasteiger partial charge >= 0.3 is 6.18 Å². The fraction of sp³-hybridized carbons (Fsp3) is 0.0769. The zero-order chi connectivity index (χ0) is 15.6. The van der Waals surface area contributed by atoms with Gasteiger partial charge in [-0.25, -0.2) is 4.39 Å². The molecule has 3 nitrogen and oxygen atoms in total. The first-order valence-electron chi connectivity index (χ1n) is 5.56. The number of nitrogens with one attached hydrogen (secondary N) is 1. The molecular formula is C13H7BrF4N2O. The van der Waals surface area contributed by atoms with E-state index in [1.807, 2.05) is 0 Å². The molecule has 110 valence electrons. The molecule has 1 N–H and O–H groups in total. The number of hydrogen-bond acceptors (Lipinski definition) is 2. The summed E-state index contributed by atoms with van der Waals surface area (Å²) in [7, 11) is 0. The van der Waals surface area contributed by atoms with E-state index < -0.39 is 23.5 Å². The second kappa shape index (κ2) is 5.80. The molecule has 2 aromatic rings. The number of amides is 1. The Labute approximate surface area is 125 Å². The maximum Gasteiger partial charge on any atom is 0.417 e. The minimum absolute atomic E-state index is 0.161. The average molecular weight is 363 g/mol. The summed E-state index contributed by atoms with van der Waals surface area (Å²) < 4.78 is 51.4. The third-order valence-corrected chi connectivity index (χ3v) is 3.25. The van der Waals surface area contributed by atoms with Crippen molar-refractivity contribution < 1.29 is 22.4 Å². The van der Waals surface area contributed by atoms with Crippen molar-refractivity contribution in [3.05, 3.63) is 58.1 Å². The summed E-state index contributed by atoms with van der Waals surface area (Å²) in [6.45, 7) is 0. The van der Waals surface area contributed by atoms with Crippen LogP contribution in [-0.4, -0.2) is 10.9 Å². The number of anilines is 1. The zero-order valence-electron chi connectivity index (χ0n) is 10.2. The van der Waals surface area contributed by atoms with Gasteiger partial charge in [-0.3, -0.25) is 9.78 Å². The van der Waals surface area contributed by atoms with Gasteiger partial charge in [-0.2, -0.15) is 13.2 Å². The van der Waals surface area contributed by atoms with Gasteiger partial charge in [0.15, 0.2) is 5.82 Å². The molecular weight excluding hydrogens is 356 g/mol. The molecule has 0 radical (unpaired) electrons. The van der Waals surface area contributed by atoms with Gasteiger partial charge in [0.05, 0.1) is 17.4 Å². The number of carbonyl (C=O) groups excluding carboxylic acids is 1. The molecule has 1 aromatic heterocycles. The number of aromatic nitrogens is 1. The van der Waals surface area contributed by atoms with Crippen LogP contribution in [0.4, 0.5) is 23.2 Å². The highest BCUT2D eigenvalue weighted by atomic mass is 79.9. The van der Waals surface area contributed by atoms with Gasteiger partial charge < -0.3 is 5.32 Å². The van der Waals surface area contributed by atoms with Gasteiger partial charge in [-0.15, -0.1) is 0 Å². The Morgan fingerprint density at radius 3 is 2.57 bits per heavy atom. The Balaban J connectivity index is 2.31. The number of carbonyl (C=O) groups is 1. The molecule has 0 aliphatic rings. The summed E-state index contributed by atoms with van der Waals surface area (Å²) in [5, 5.41) is 2.19. The van der Waals surface area contributed by atoms with E-state index in [0.717, 1.165) is 12.3 Å².